The van der Waals surface area contributed by atoms with E-state index in [-0.39, 0.29) is 0 Å². The van der Waals surface area contributed by atoms with Gasteiger partial charge in [-0.25, -0.2) is 0 Å². The minimum Gasteiger partial charge on any atom is -0.397 e. The molecule has 0 atom stereocenters. The SMILES string of the molecule is CN=Cc1ncccc1N. The van der Waals surface area contributed by atoms with Crippen molar-refractivity contribution in [3.8, 4) is 0 Å². The van der Waals surface area contributed by atoms with Crippen molar-refractivity contribution in [2.24, 2.45) is 4.99 Å². The molecular weight excluding hydrogens is 126 g/mol. The predicted octanol–water partition coefficient (Wildman–Crippen LogP) is 0.713. The second kappa shape index (κ2) is 2.96. The number of aliphatic imine (C=N–C) groups is 1. The summed E-state index contributed by atoms with van der Waals surface area (Å²) < 4.78 is 0. The zero-order chi connectivity index (χ0) is 7.40. The van der Waals surface area contributed by atoms with Gasteiger partial charge in [-0.05, 0) is 12.1 Å². The molecule has 0 spiro atoms. The maximum absolute atomic E-state index is 5.55. The Morgan fingerprint density at radius 1 is 1.70 bits per heavy atom. The Hall–Kier alpha value is -1.38. The van der Waals surface area contributed by atoms with Crippen LogP contribution in [0.5, 0.6) is 0 Å². The van der Waals surface area contributed by atoms with E-state index in [1.54, 1.807) is 31.6 Å². The molecule has 3 heteroatoms. The fourth-order valence-corrected chi connectivity index (χ4v) is 0.660. The zero-order valence-electron chi connectivity index (χ0n) is 5.78. The first-order chi connectivity index (χ1) is 4.84. The van der Waals surface area contributed by atoms with Crippen LogP contribution in [0.15, 0.2) is 23.3 Å². The molecule has 0 saturated heterocycles. The molecule has 0 aromatic carbocycles. The van der Waals surface area contributed by atoms with Crippen molar-refractivity contribution >= 4 is 11.9 Å². The van der Waals surface area contributed by atoms with E-state index in [0.717, 1.165) is 5.69 Å². The summed E-state index contributed by atoms with van der Waals surface area (Å²) >= 11 is 0. The first kappa shape index (κ1) is 6.74. The highest BCUT2D eigenvalue weighted by atomic mass is 14.8. The van der Waals surface area contributed by atoms with E-state index in [1.807, 2.05) is 0 Å². The van der Waals surface area contributed by atoms with Gasteiger partial charge < -0.3 is 5.73 Å². The van der Waals surface area contributed by atoms with Gasteiger partial charge >= 0.3 is 0 Å². The molecule has 0 aliphatic heterocycles. The molecule has 0 amide bonds. The molecule has 1 heterocycles. The van der Waals surface area contributed by atoms with Crippen molar-refractivity contribution in [3.63, 3.8) is 0 Å². The van der Waals surface area contributed by atoms with Crippen molar-refractivity contribution < 1.29 is 0 Å². The molecule has 1 aromatic rings. The van der Waals surface area contributed by atoms with Gasteiger partial charge in [-0.2, -0.15) is 0 Å². The largest absolute Gasteiger partial charge is 0.397 e. The third-order valence-corrected chi connectivity index (χ3v) is 1.12. The Morgan fingerprint density at radius 2 is 2.50 bits per heavy atom. The Balaban J connectivity index is 3.03. The van der Waals surface area contributed by atoms with Crippen LogP contribution in [0.4, 0.5) is 5.69 Å². The monoisotopic (exact) mass is 135 g/mol. The second-order valence-electron chi connectivity index (χ2n) is 1.87. The molecule has 0 fully saturated rings. The lowest BCUT2D eigenvalue weighted by molar-refractivity contribution is 1.30. The van der Waals surface area contributed by atoms with Crippen LogP contribution in [0.2, 0.25) is 0 Å². The Labute approximate surface area is 59.6 Å². The van der Waals surface area contributed by atoms with Crippen LogP contribution in [0.1, 0.15) is 5.69 Å². The van der Waals surface area contributed by atoms with Gasteiger partial charge in [-0.1, -0.05) is 0 Å². The highest BCUT2D eigenvalue weighted by Gasteiger charge is 1.91. The van der Waals surface area contributed by atoms with E-state index >= 15 is 0 Å². The molecule has 0 saturated carbocycles. The molecule has 0 bridgehead atoms. The highest BCUT2D eigenvalue weighted by Crippen LogP contribution is 2.02. The fraction of sp³-hybridized carbons (Fsp3) is 0.143. The summed E-state index contributed by atoms with van der Waals surface area (Å²) in [5.41, 5.74) is 6.94. The van der Waals surface area contributed by atoms with Crippen molar-refractivity contribution in [2.45, 2.75) is 0 Å². The number of pyridine rings is 1. The maximum atomic E-state index is 5.55. The van der Waals surface area contributed by atoms with Crippen LogP contribution >= 0.6 is 0 Å². The number of aromatic nitrogens is 1. The second-order valence-corrected chi connectivity index (χ2v) is 1.87. The summed E-state index contributed by atoms with van der Waals surface area (Å²) in [5, 5.41) is 0. The van der Waals surface area contributed by atoms with Gasteiger partial charge in [0, 0.05) is 19.5 Å². The van der Waals surface area contributed by atoms with Gasteiger partial charge in [0.2, 0.25) is 0 Å². The van der Waals surface area contributed by atoms with E-state index in [1.165, 1.54) is 0 Å². The number of nitrogen functional groups attached to an aromatic ring is 1. The zero-order valence-corrected chi connectivity index (χ0v) is 5.78. The van der Waals surface area contributed by atoms with Gasteiger partial charge in [0.15, 0.2) is 0 Å². The number of rotatable bonds is 1. The predicted molar refractivity (Wildman–Crippen MR) is 42.2 cm³/mol. The minimum absolute atomic E-state index is 0.660. The quantitative estimate of drug-likeness (QED) is 0.576. The van der Waals surface area contributed by atoms with Crippen molar-refractivity contribution in [3.05, 3.63) is 24.0 Å². The molecule has 1 rings (SSSR count). The highest BCUT2D eigenvalue weighted by molar-refractivity contribution is 5.83. The topological polar surface area (TPSA) is 51.3 Å². The maximum Gasteiger partial charge on any atom is 0.104 e. The lowest BCUT2D eigenvalue weighted by atomic mass is 10.3. The summed E-state index contributed by atoms with van der Waals surface area (Å²) in [6.07, 6.45) is 3.32. The average molecular weight is 135 g/mol. The van der Waals surface area contributed by atoms with Crippen molar-refractivity contribution in [2.75, 3.05) is 12.8 Å². The summed E-state index contributed by atoms with van der Waals surface area (Å²) in [6.45, 7) is 0. The van der Waals surface area contributed by atoms with Crippen LogP contribution in [0, 0.1) is 0 Å². The van der Waals surface area contributed by atoms with Crippen LogP contribution < -0.4 is 5.73 Å². The normalized spacial score (nSPS) is 10.5. The Morgan fingerprint density at radius 3 is 3.10 bits per heavy atom. The summed E-state index contributed by atoms with van der Waals surface area (Å²) in [7, 11) is 1.69. The molecule has 10 heavy (non-hydrogen) atoms. The lowest BCUT2D eigenvalue weighted by Crippen LogP contribution is -1.94. The summed E-state index contributed by atoms with van der Waals surface area (Å²) in [4.78, 5) is 7.79. The number of hydrogen-bond donors (Lipinski definition) is 1. The average Bonchev–Trinajstić information content (AvgIpc) is 1.94. The van der Waals surface area contributed by atoms with Gasteiger partial charge in [0.05, 0.1) is 5.69 Å². The molecule has 0 radical (unpaired) electrons. The third kappa shape index (κ3) is 1.31. The smallest absolute Gasteiger partial charge is 0.104 e. The van der Waals surface area contributed by atoms with Crippen LogP contribution in [-0.4, -0.2) is 18.2 Å². The number of anilines is 1. The molecule has 1 aromatic heterocycles. The van der Waals surface area contributed by atoms with Gasteiger partial charge in [-0.15, -0.1) is 0 Å². The van der Waals surface area contributed by atoms with Crippen LogP contribution in [0.3, 0.4) is 0 Å². The molecular formula is C7H9N3. The minimum atomic E-state index is 0.660. The van der Waals surface area contributed by atoms with E-state index < -0.39 is 0 Å². The first-order valence-electron chi connectivity index (χ1n) is 2.97. The van der Waals surface area contributed by atoms with Crippen molar-refractivity contribution in [1.29, 1.82) is 0 Å². The summed E-state index contributed by atoms with van der Waals surface area (Å²) in [5.74, 6) is 0. The van der Waals surface area contributed by atoms with Gasteiger partial charge in [0.1, 0.15) is 5.69 Å². The summed E-state index contributed by atoms with van der Waals surface area (Å²) in [6, 6.07) is 3.59. The molecule has 2 N–H and O–H groups in total. The van der Waals surface area contributed by atoms with E-state index in [2.05, 4.69) is 9.98 Å². The Bertz CT molecular complexity index is 242. The molecule has 3 nitrogen and oxygen atoms in total. The van der Waals surface area contributed by atoms with E-state index in [9.17, 15) is 0 Å². The van der Waals surface area contributed by atoms with E-state index in [0.29, 0.717) is 5.69 Å². The number of nitrogens with zero attached hydrogens (tertiary/aromatic N) is 2. The van der Waals surface area contributed by atoms with Gasteiger partial charge in [-0.3, -0.25) is 9.98 Å². The molecule has 0 unspecified atom stereocenters. The van der Waals surface area contributed by atoms with Crippen LogP contribution in [0.25, 0.3) is 0 Å². The number of nitrogens with two attached hydrogens (primary N) is 1. The molecule has 52 valence electrons. The third-order valence-electron chi connectivity index (χ3n) is 1.12. The molecule has 0 aliphatic carbocycles. The van der Waals surface area contributed by atoms with Crippen LogP contribution in [-0.2, 0) is 0 Å². The first-order valence-corrected chi connectivity index (χ1v) is 2.97. The molecule has 0 aliphatic rings. The fourth-order valence-electron chi connectivity index (χ4n) is 0.660. The Kier molecular flexibility index (Phi) is 1.99. The number of hydrogen-bond acceptors (Lipinski definition) is 3. The standard InChI is InChI=1S/C7H9N3/c1-9-5-7-6(8)3-2-4-10-7/h2-5H,8H2,1H3. The lowest BCUT2D eigenvalue weighted by Gasteiger charge is -1.94. The van der Waals surface area contributed by atoms with E-state index in [4.69, 9.17) is 5.73 Å². The van der Waals surface area contributed by atoms with Crippen molar-refractivity contribution in [1.82, 2.24) is 4.98 Å². The van der Waals surface area contributed by atoms with Gasteiger partial charge in [0.25, 0.3) is 0 Å².